The van der Waals surface area contributed by atoms with E-state index < -0.39 is 0 Å². The van der Waals surface area contributed by atoms with Crippen LogP contribution in [-0.4, -0.2) is 33.4 Å². The molecule has 5 heteroatoms. The number of carbonyl (C=O) groups excluding carboxylic acids is 1. The number of imidazole rings is 1. The van der Waals surface area contributed by atoms with Crippen molar-refractivity contribution in [1.82, 2.24) is 14.5 Å². The van der Waals surface area contributed by atoms with Crippen LogP contribution in [0.4, 0.5) is 0 Å². The van der Waals surface area contributed by atoms with Crippen LogP contribution in [0.5, 0.6) is 0 Å². The van der Waals surface area contributed by atoms with Crippen LogP contribution in [0.15, 0.2) is 59.5 Å². The van der Waals surface area contributed by atoms with Crippen LogP contribution in [0.1, 0.15) is 34.9 Å². The number of benzene rings is 1. The van der Waals surface area contributed by atoms with E-state index in [-0.39, 0.29) is 5.91 Å². The molecule has 0 aliphatic carbocycles. The van der Waals surface area contributed by atoms with Crippen molar-refractivity contribution in [3.8, 4) is 11.4 Å². The van der Waals surface area contributed by atoms with Crippen molar-refractivity contribution in [2.24, 2.45) is 0 Å². The van der Waals surface area contributed by atoms with E-state index in [9.17, 15) is 4.79 Å². The lowest BCUT2D eigenvalue weighted by Crippen LogP contribution is -2.39. The van der Waals surface area contributed by atoms with Gasteiger partial charge in [-0.1, -0.05) is 30.3 Å². The van der Waals surface area contributed by atoms with Gasteiger partial charge >= 0.3 is 0 Å². The normalized spacial score (nSPS) is 15.5. The lowest BCUT2D eigenvalue weighted by Gasteiger charge is -2.33. The third-order valence-electron chi connectivity index (χ3n) is 4.90. The first-order chi connectivity index (χ1) is 12.2. The summed E-state index contributed by atoms with van der Waals surface area (Å²) in [6, 6.07) is 12.4. The predicted octanol–water partition coefficient (Wildman–Crippen LogP) is 3.93. The number of piperidine rings is 1. The van der Waals surface area contributed by atoms with Crippen LogP contribution in [0.2, 0.25) is 0 Å². The van der Waals surface area contributed by atoms with Crippen LogP contribution in [0.3, 0.4) is 0 Å². The maximum Gasteiger partial charge on any atom is 0.257 e. The molecule has 1 fully saturated rings. The minimum atomic E-state index is 0.0536. The molecule has 1 saturated heterocycles. The van der Waals surface area contributed by atoms with E-state index >= 15 is 0 Å². The summed E-state index contributed by atoms with van der Waals surface area (Å²) in [5.41, 5.74) is 2.92. The highest BCUT2D eigenvalue weighted by Gasteiger charge is 2.27. The van der Waals surface area contributed by atoms with Gasteiger partial charge in [0.25, 0.3) is 5.91 Å². The minimum absolute atomic E-state index is 0.0536. The van der Waals surface area contributed by atoms with E-state index in [4.69, 9.17) is 4.42 Å². The smallest absolute Gasteiger partial charge is 0.257 e. The van der Waals surface area contributed by atoms with Crippen LogP contribution >= 0.6 is 0 Å². The average Bonchev–Trinajstić information content (AvgIpc) is 3.32. The Hall–Kier alpha value is -2.82. The van der Waals surface area contributed by atoms with Gasteiger partial charge in [-0.3, -0.25) is 4.79 Å². The number of hydrogen-bond acceptors (Lipinski definition) is 3. The molecule has 1 aromatic carbocycles. The number of rotatable bonds is 3. The number of furan rings is 1. The Kier molecular flexibility index (Phi) is 4.14. The summed E-state index contributed by atoms with van der Waals surface area (Å²) >= 11 is 0. The highest BCUT2D eigenvalue weighted by atomic mass is 16.3. The SMILES string of the molecule is Cc1cnc(-c2ccccc2)n1C1CCN(C(=O)c2ccoc2)CC1. The van der Waals surface area contributed by atoms with Crippen molar-refractivity contribution in [2.75, 3.05) is 13.1 Å². The van der Waals surface area contributed by atoms with Gasteiger partial charge in [-0.25, -0.2) is 4.98 Å². The molecule has 0 bridgehead atoms. The number of aryl methyl sites for hydroxylation is 1. The molecule has 1 aliphatic rings. The summed E-state index contributed by atoms with van der Waals surface area (Å²) in [6.07, 6.45) is 6.86. The summed E-state index contributed by atoms with van der Waals surface area (Å²) in [6.45, 7) is 3.60. The highest BCUT2D eigenvalue weighted by molar-refractivity contribution is 5.93. The van der Waals surface area contributed by atoms with Crippen molar-refractivity contribution in [2.45, 2.75) is 25.8 Å². The zero-order chi connectivity index (χ0) is 17.2. The lowest BCUT2D eigenvalue weighted by atomic mass is 10.0. The molecule has 4 rings (SSSR count). The first kappa shape index (κ1) is 15.7. The molecule has 0 saturated carbocycles. The van der Waals surface area contributed by atoms with E-state index in [1.165, 1.54) is 12.0 Å². The number of carbonyl (C=O) groups is 1. The molecule has 0 spiro atoms. The van der Waals surface area contributed by atoms with Crippen LogP contribution in [0, 0.1) is 6.92 Å². The first-order valence-electron chi connectivity index (χ1n) is 8.65. The molecular formula is C20H21N3O2. The number of nitrogens with zero attached hydrogens (tertiary/aromatic N) is 3. The number of likely N-dealkylation sites (tertiary alicyclic amines) is 1. The summed E-state index contributed by atoms with van der Waals surface area (Å²) in [5, 5.41) is 0. The van der Waals surface area contributed by atoms with Crippen molar-refractivity contribution < 1.29 is 9.21 Å². The molecule has 25 heavy (non-hydrogen) atoms. The Balaban J connectivity index is 1.52. The number of hydrogen-bond donors (Lipinski definition) is 0. The fourth-order valence-corrected chi connectivity index (χ4v) is 3.60. The molecule has 2 aromatic heterocycles. The van der Waals surface area contributed by atoms with Gasteiger partial charge in [0.15, 0.2) is 0 Å². The maximum atomic E-state index is 12.5. The molecular weight excluding hydrogens is 314 g/mol. The van der Waals surface area contributed by atoms with Crippen molar-refractivity contribution >= 4 is 5.91 Å². The van der Waals surface area contributed by atoms with Gasteiger partial charge in [0.05, 0.1) is 11.8 Å². The molecule has 0 unspecified atom stereocenters. The summed E-state index contributed by atoms with van der Waals surface area (Å²) in [5.74, 6) is 1.07. The molecule has 128 valence electrons. The Bertz CT molecular complexity index is 844. The Morgan fingerprint density at radius 2 is 1.92 bits per heavy atom. The Morgan fingerprint density at radius 1 is 1.16 bits per heavy atom. The van der Waals surface area contributed by atoms with E-state index in [1.54, 1.807) is 12.3 Å². The minimum Gasteiger partial charge on any atom is -0.472 e. The fourth-order valence-electron chi connectivity index (χ4n) is 3.60. The van der Waals surface area contributed by atoms with E-state index in [0.29, 0.717) is 11.6 Å². The molecule has 0 radical (unpaired) electrons. The zero-order valence-corrected chi connectivity index (χ0v) is 14.3. The second kappa shape index (κ2) is 6.59. The van der Waals surface area contributed by atoms with E-state index in [2.05, 4.69) is 28.6 Å². The zero-order valence-electron chi connectivity index (χ0n) is 14.3. The van der Waals surface area contributed by atoms with Gasteiger partial charge in [-0.15, -0.1) is 0 Å². The Morgan fingerprint density at radius 3 is 2.60 bits per heavy atom. The fraction of sp³-hybridized carbons (Fsp3) is 0.300. The Labute approximate surface area is 146 Å². The van der Waals surface area contributed by atoms with Crippen molar-refractivity contribution in [1.29, 1.82) is 0 Å². The van der Waals surface area contributed by atoms with Crippen LogP contribution in [0.25, 0.3) is 11.4 Å². The predicted molar refractivity (Wildman–Crippen MR) is 95.3 cm³/mol. The van der Waals surface area contributed by atoms with Gasteiger partial charge in [0, 0.05) is 36.6 Å². The topological polar surface area (TPSA) is 51.3 Å². The van der Waals surface area contributed by atoms with Gasteiger partial charge in [-0.05, 0) is 25.8 Å². The molecule has 0 N–H and O–H groups in total. The quantitative estimate of drug-likeness (QED) is 0.729. The molecule has 5 nitrogen and oxygen atoms in total. The maximum absolute atomic E-state index is 12.5. The second-order valence-electron chi connectivity index (χ2n) is 6.49. The third kappa shape index (κ3) is 2.97. The number of amides is 1. The summed E-state index contributed by atoms with van der Waals surface area (Å²) < 4.78 is 7.36. The van der Waals surface area contributed by atoms with Crippen molar-refractivity contribution in [3.05, 3.63) is 66.4 Å². The largest absolute Gasteiger partial charge is 0.472 e. The highest BCUT2D eigenvalue weighted by Crippen LogP contribution is 2.30. The van der Waals surface area contributed by atoms with Gasteiger partial charge in [-0.2, -0.15) is 0 Å². The van der Waals surface area contributed by atoms with Gasteiger partial charge in [0.1, 0.15) is 12.1 Å². The first-order valence-corrected chi connectivity index (χ1v) is 8.65. The monoisotopic (exact) mass is 335 g/mol. The summed E-state index contributed by atoms with van der Waals surface area (Å²) in [7, 11) is 0. The van der Waals surface area contributed by atoms with Crippen LogP contribution in [-0.2, 0) is 0 Å². The molecule has 0 atom stereocenters. The van der Waals surface area contributed by atoms with Crippen LogP contribution < -0.4 is 0 Å². The van der Waals surface area contributed by atoms with Gasteiger partial charge in [0.2, 0.25) is 0 Å². The molecule has 3 aromatic rings. The standard InChI is InChI=1S/C20H21N3O2/c1-15-13-21-19(16-5-3-2-4-6-16)23(15)18-7-10-22(11-8-18)20(24)17-9-12-25-14-17/h2-6,9,12-14,18H,7-8,10-11H2,1H3. The second-order valence-corrected chi connectivity index (χ2v) is 6.49. The molecule has 3 heterocycles. The van der Waals surface area contributed by atoms with Gasteiger partial charge < -0.3 is 13.9 Å². The van der Waals surface area contributed by atoms with E-state index in [1.807, 2.05) is 29.3 Å². The lowest BCUT2D eigenvalue weighted by molar-refractivity contribution is 0.0694. The molecule has 1 aliphatic heterocycles. The molecule has 1 amide bonds. The summed E-state index contributed by atoms with van der Waals surface area (Å²) in [4.78, 5) is 19.0. The average molecular weight is 335 g/mol. The third-order valence-corrected chi connectivity index (χ3v) is 4.90. The van der Waals surface area contributed by atoms with E-state index in [0.717, 1.165) is 37.3 Å². The van der Waals surface area contributed by atoms with Crippen molar-refractivity contribution in [3.63, 3.8) is 0 Å². The number of aromatic nitrogens is 2.